The fourth-order valence-corrected chi connectivity index (χ4v) is 2.10. The summed E-state index contributed by atoms with van der Waals surface area (Å²) in [5.41, 5.74) is 0.228. The second kappa shape index (κ2) is 4.09. The van der Waals surface area contributed by atoms with Gasteiger partial charge in [-0.05, 0) is 26.9 Å². The van der Waals surface area contributed by atoms with Crippen LogP contribution in [0.4, 0.5) is 0 Å². The van der Waals surface area contributed by atoms with E-state index in [0.29, 0.717) is 0 Å². The summed E-state index contributed by atoms with van der Waals surface area (Å²) in [4.78, 5) is 13.1. The highest BCUT2D eigenvalue weighted by atomic mass is 16.1. The van der Waals surface area contributed by atoms with Gasteiger partial charge in [0.25, 0.3) is 0 Å². The number of nitrogens with zero attached hydrogens (tertiary/aromatic N) is 1. The maximum atomic E-state index is 10.8. The topological polar surface area (TPSA) is 32.3 Å². The minimum Gasteiger partial charge on any atom is -0.354 e. The van der Waals surface area contributed by atoms with Gasteiger partial charge in [0.15, 0.2) is 0 Å². The third-order valence-electron chi connectivity index (χ3n) is 3.15. The van der Waals surface area contributed by atoms with Crippen molar-refractivity contribution in [1.82, 2.24) is 10.2 Å². The summed E-state index contributed by atoms with van der Waals surface area (Å²) < 4.78 is 0. The minimum atomic E-state index is 0.0770. The Balaban J connectivity index is 2.52. The van der Waals surface area contributed by atoms with E-state index in [4.69, 9.17) is 0 Å². The molecule has 1 aliphatic rings. The quantitative estimate of drug-likeness (QED) is 0.709. The van der Waals surface area contributed by atoms with Crippen molar-refractivity contribution in [3.63, 3.8) is 0 Å². The van der Waals surface area contributed by atoms with Crippen LogP contribution < -0.4 is 5.32 Å². The molecule has 3 heteroatoms. The van der Waals surface area contributed by atoms with E-state index in [1.54, 1.807) is 6.92 Å². The average molecular weight is 184 g/mol. The van der Waals surface area contributed by atoms with E-state index in [-0.39, 0.29) is 11.4 Å². The van der Waals surface area contributed by atoms with Crippen molar-refractivity contribution in [2.24, 2.45) is 0 Å². The minimum absolute atomic E-state index is 0.0770. The molecule has 0 bridgehead atoms. The molecule has 3 nitrogen and oxygen atoms in total. The lowest BCUT2D eigenvalue weighted by molar-refractivity contribution is -0.119. The number of likely N-dealkylation sites (N-methyl/N-ethyl adjacent to an activating group) is 1. The lowest BCUT2D eigenvalue weighted by Gasteiger charge is -2.36. The highest BCUT2D eigenvalue weighted by molar-refractivity contribution is 5.72. The van der Waals surface area contributed by atoms with Gasteiger partial charge >= 0.3 is 0 Å². The zero-order valence-electron chi connectivity index (χ0n) is 8.89. The van der Waals surface area contributed by atoms with Crippen molar-refractivity contribution in [1.29, 1.82) is 0 Å². The number of amides is 1. The first-order chi connectivity index (χ1) is 6.07. The number of hydrogen-bond donors (Lipinski definition) is 1. The number of rotatable bonds is 3. The van der Waals surface area contributed by atoms with Crippen LogP contribution in [0.5, 0.6) is 0 Å². The first kappa shape index (κ1) is 10.5. The third kappa shape index (κ3) is 2.44. The van der Waals surface area contributed by atoms with Gasteiger partial charge in [0.2, 0.25) is 5.91 Å². The van der Waals surface area contributed by atoms with Gasteiger partial charge in [0, 0.05) is 19.0 Å². The van der Waals surface area contributed by atoms with E-state index < -0.39 is 0 Å². The summed E-state index contributed by atoms with van der Waals surface area (Å²) >= 11 is 0. The average Bonchev–Trinajstić information content (AvgIpc) is 2.50. The van der Waals surface area contributed by atoms with Gasteiger partial charge in [0.05, 0.1) is 0 Å². The van der Waals surface area contributed by atoms with E-state index in [1.165, 1.54) is 25.7 Å². The lowest BCUT2D eigenvalue weighted by Crippen LogP contribution is -2.50. The van der Waals surface area contributed by atoms with Crippen LogP contribution >= 0.6 is 0 Å². The van der Waals surface area contributed by atoms with Crippen molar-refractivity contribution in [2.45, 2.75) is 38.1 Å². The van der Waals surface area contributed by atoms with Gasteiger partial charge < -0.3 is 10.2 Å². The molecule has 0 aliphatic heterocycles. The van der Waals surface area contributed by atoms with Crippen LogP contribution in [0.2, 0.25) is 0 Å². The Labute approximate surface area is 80.5 Å². The number of carbonyl (C=O) groups is 1. The van der Waals surface area contributed by atoms with Gasteiger partial charge in [-0.25, -0.2) is 0 Å². The fourth-order valence-electron chi connectivity index (χ4n) is 2.10. The van der Waals surface area contributed by atoms with Crippen LogP contribution in [-0.4, -0.2) is 37.0 Å². The molecule has 1 aliphatic carbocycles. The van der Waals surface area contributed by atoms with E-state index >= 15 is 0 Å². The summed E-state index contributed by atoms with van der Waals surface area (Å²) in [5.74, 6) is 0.0770. The fraction of sp³-hybridized carbons (Fsp3) is 0.900. The molecule has 1 N–H and O–H groups in total. The van der Waals surface area contributed by atoms with Gasteiger partial charge in [-0.15, -0.1) is 0 Å². The Morgan fingerprint density at radius 3 is 2.31 bits per heavy atom. The predicted octanol–water partition coefficient (Wildman–Crippen LogP) is 0.997. The predicted molar refractivity (Wildman–Crippen MR) is 53.6 cm³/mol. The molecule has 0 radical (unpaired) electrons. The summed E-state index contributed by atoms with van der Waals surface area (Å²) in [6.07, 6.45) is 5.00. The first-order valence-electron chi connectivity index (χ1n) is 4.99. The molecule has 13 heavy (non-hydrogen) atoms. The Morgan fingerprint density at radius 2 is 1.92 bits per heavy atom. The molecule has 0 aromatic carbocycles. The molecule has 0 unspecified atom stereocenters. The van der Waals surface area contributed by atoms with Crippen molar-refractivity contribution in [3.05, 3.63) is 0 Å². The van der Waals surface area contributed by atoms with Crippen LogP contribution in [0.15, 0.2) is 0 Å². The van der Waals surface area contributed by atoms with Crippen molar-refractivity contribution in [2.75, 3.05) is 20.6 Å². The third-order valence-corrected chi connectivity index (χ3v) is 3.15. The maximum Gasteiger partial charge on any atom is 0.216 e. The molecule has 0 spiro atoms. The van der Waals surface area contributed by atoms with Crippen LogP contribution in [0.3, 0.4) is 0 Å². The van der Waals surface area contributed by atoms with Crippen LogP contribution in [0, 0.1) is 0 Å². The highest BCUT2D eigenvalue weighted by Crippen LogP contribution is 2.32. The second-order valence-electron chi connectivity index (χ2n) is 4.24. The lowest BCUT2D eigenvalue weighted by atomic mass is 9.96. The van der Waals surface area contributed by atoms with E-state index in [0.717, 1.165) is 6.54 Å². The molecule has 76 valence electrons. The number of hydrogen-bond acceptors (Lipinski definition) is 2. The Morgan fingerprint density at radius 1 is 1.38 bits per heavy atom. The molecule has 1 amide bonds. The molecule has 0 aromatic heterocycles. The number of carbonyl (C=O) groups excluding carboxylic acids is 1. The molecule has 0 saturated heterocycles. The normalized spacial score (nSPS) is 20.6. The molecule has 1 rings (SSSR count). The molecule has 1 saturated carbocycles. The van der Waals surface area contributed by atoms with Gasteiger partial charge in [-0.2, -0.15) is 0 Å². The zero-order chi connectivity index (χ0) is 9.90. The largest absolute Gasteiger partial charge is 0.354 e. The van der Waals surface area contributed by atoms with Gasteiger partial charge in [-0.1, -0.05) is 12.8 Å². The van der Waals surface area contributed by atoms with E-state index in [1.807, 2.05) is 0 Å². The Hall–Kier alpha value is -0.570. The number of nitrogens with one attached hydrogen (secondary N) is 1. The smallest absolute Gasteiger partial charge is 0.216 e. The summed E-state index contributed by atoms with van der Waals surface area (Å²) in [6, 6.07) is 0. The first-order valence-corrected chi connectivity index (χ1v) is 4.99. The van der Waals surface area contributed by atoms with Gasteiger partial charge in [-0.3, -0.25) is 4.79 Å². The van der Waals surface area contributed by atoms with Crippen molar-refractivity contribution in [3.8, 4) is 0 Å². The van der Waals surface area contributed by atoms with Crippen LogP contribution in [0.1, 0.15) is 32.6 Å². The summed E-state index contributed by atoms with van der Waals surface area (Å²) in [5, 5.41) is 2.93. The SMILES string of the molecule is CC(=O)NCC1(N(C)C)CCCC1. The molecule has 1 fully saturated rings. The monoisotopic (exact) mass is 184 g/mol. The van der Waals surface area contributed by atoms with Crippen molar-refractivity contribution < 1.29 is 4.79 Å². The highest BCUT2D eigenvalue weighted by Gasteiger charge is 2.35. The summed E-state index contributed by atoms with van der Waals surface area (Å²) in [7, 11) is 4.21. The standard InChI is InChI=1S/C10H20N2O/c1-9(13)11-8-10(12(2)3)6-4-5-7-10/h4-8H2,1-3H3,(H,11,13). The maximum absolute atomic E-state index is 10.8. The second-order valence-corrected chi connectivity index (χ2v) is 4.24. The van der Waals surface area contributed by atoms with E-state index in [9.17, 15) is 4.79 Å². The van der Waals surface area contributed by atoms with Crippen molar-refractivity contribution >= 4 is 5.91 Å². The molecular weight excluding hydrogens is 164 g/mol. The molecule has 0 aromatic rings. The van der Waals surface area contributed by atoms with Crippen LogP contribution in [-0.2, 0) is 4.79 Å². The molecular formula is C10H20N2O. The Bertz CT molecular complexity index is 183. The van der Waals surface area contributed by atoms with Crippen LogP contribution in [0.25, 0.3) is 0 Å². The molecule has 0 heterocycles. The van der Waals surface area contributed by atoms with E-state index in [2.05, 4.69) is 24.3 Å². The summed E-state index contributed by atoms with van der Waals surface area (Å²) in [6.45, 7) is 2.38. The Kier molecular flexibility index (Phi) is 3.31. The molecule has 0 atom stereocenters. The van der Waals surface area contributed by atoms with Gasteiger partial charge in [0.1, 0.15) is 0 Å². The zero-order valence-corrected chi connectivity index (χ0v) is 8.89.